The Balaban J connectivity index is 1.91. The van der Waals surface area contributed by atoms with Crippen LogP contribution in [0.15, 0.2) is 48.5 Å². The van der Waals surface area contributed by atoms with Gasteiger partial charge in [0.15, 0.2) is 0 Å². The summed E-state index contributed by atoms with van der Waals surface area (Å²) < 4.78 is 32.1. The van der Waals surface area contributed by atoms with Crippen molar-refractivity contribution in [1.29, 1.82) is 0 Å². The minimum absolute atomic E-state index is 0.302. The molecule has 0 aliphatic rings. The van der Waals surface area contributed by atoms with Gasteiger partial charge in [0.1, 0.15) is 5.75 Å². The summed E-state index contributed by atoms with van der Waals surface area (Å²) in [5, 5.41) is 2.78. The number of nitrogens with one attached hydrogen (secondary N) is 2. The van der Waals surface area contributed by atoms with Gasteiger partial charge in [0.05, 0.1) is 24.5 Å². The summed E-state index contributed by atoms with van der Waals surface area (Å²) >= 11 is 0. The second-order valence-corrected chi connectivity index (χ2v) is 7.99. The van der Waals surface area contributed by atoms with E-state index in [0.717, 1.165) is 11.1 Å². The Morgan fingerprint density at radius 1 is 1.15 bits per heavy atom. The molecule has 0 saturated carbocycles. The average Bonchev–Trinajstić information content (AvgIpc) is 2.59. The maximum Gasteiger partial charge on any atom is 0.233 e. The van der Waals surface area contributed by atoms with Crippen molar-refractivity contribution in [2.24, 2.45) is 5.92 Å². The molecule has 140 valence electrons. The van der Waals surface area contributed by atoms with Crippen LogP contribution in [0.25, 0.3) is 0 Å². The molecule has 2 N–H and O–H groups in total. The van der Waals surface area contributed by atoms with E-state index < -0.39 is 15.9 Å². The minimum Gasteiger partial charge on any atom is -0.497 e. The number of rotatable bonds is 8. The van der Waals surface area contributed by atoms with Crippen molar-refractivity contribution in [3.63, 3.8) is 0 Å². The Labute approximate surface area is 154 Å². The zero-order valence-electron chi connectivity index (χ0n) is 15.2. The molecule has 0 aliphatic heterocycles. The van der Waals surface area contributed by atoms with E-state index in [1.807, 2.05) is 31.2 Å². The van der Waals surface area contributed by atoms with Crippen LogP contribution in [-0.2, 0) is 21.4 Å². The summed E-state index contributed by atoms with van der Waals surface area (Å²) in [6.07, 6.45) is 0. The number of hydrogen-bond acceptors (Lipinski definition) is 4. The highest BCUT2D eigenvalue weighted by Crippen LogP contribution is 2.18. The van der Waals surface area contributed by atoms with Crippen molar-refractivity contribution in [3.05, 3.63) is 59.7 Å². The number of aryl methyl sites for hydroxylation is 1. The van der Waals surface area contributed by atoms with Crippen LogP contribution in [0, 0.1) is 12.8 Å². The zero-order valence-corrected chi connectivity index (χ0v) is 16.0. The van der Waals surface area contributed by atoms with Crippen LogP contribution >= 0.6 is 0 Å². The molecule has 2 aromatic carbocycles. The third-order valence-corrected chi connectivity index (χ3v) is 5.29. The van der Waals surface area contributed by atoms with Crippen molar-refractivity contribution < 1.29 is 17.9 Å². The number of amides is 1. The van der Waals surface area contributed by atoms with E-state index >= 15 is 0 Å². The third-order valence-electron chi connectivity index (χ3n) is 3.81. The molecular weight excluding hydrogens is 352 g/mol. The van der Waals surface area contributed by atoms with Crippen LogP contribution in [-0.4, -0.2) is 27.2 Å². The average molecular weight is 376 g/mol. The van der Waals surface area contributed by atoms with E-state index in [2.05, 4.69) is 10.0 Å². The molecule has 1 atom stereocenters. The van der Waals surface area contributed by atoms with Gasteiger partial charge < -0.3 is 10.1 Å². The van der Waals surface area contributed by atoms with Gasteiger partial charge in [-0.1, -0.05) is 42.8 Å². The van der Waals surface area contributed by atoms with Crippen LogP contribution in [0.2, 0.25) is 0 Å². The molecule has 2 aromatic rings. The molecule has 1 amide bonds. The maximum absolute atomic E-state index is 12.3. The summed E-state index contributed by atoms with van der Waals surface area (Å²) in [4.78, 5) is 12.2. The molecule has 0 spiro atoms. The van der Waals surface area contributed by atoms with E-state index in [1.54, 1.807) is 31.2 Å². The van der Waals surface area contributed by atoms with Gasteiger partial charge >= 0.3 is 0 Å². The lowest BCUT2D eigenvalue weighted by molar-refractivity contribution is -0.124. The monoisotopic (exact) mass is 376 g/mol. The van der Waals surface area contributed by atoms with Gasteiger partial charge in [-0.2, -0.15) is 0 Å². The molecule has 7 heteroatoms. The van der Waals surface area contributed by atoms with E-state index in [4.69, 9.17) is 4.74 Å². The molecule has 0 radical (unpaired) electrons. The Morgan fingerprint density at radius 3 is 2.58 bits per heavy atom. The number of carbonyl (C=O) groups is 1. The molecule has 0 aliphatic carbocycles. The van der Waals surface area contributed by atoms with Crippen molar-refractivity contribution in [2.45, 2.75) is 20.4 Å². The number of ether oxygens (including phenoxy) is 1. The number of benzene rings is 2. The first-order valence-electron chi connectivity index (χ1n) is 8.27. The molecule has 0 aromatic heterocycles. The van der Waals surface area contributed by atoms with Gasteiger partial charge in [0.25, 0.3) is 0 Å². The Morgan fingerprint density at radius 2 is 1.88 bits per heavy atom. The van der Waals surface area contributed by atoms with Crippen LogP contribution in [0.3, 0.4) is 0 Å². The molecule has 2 rings (SSSR count). The van der Waals surface area contributed by atoms with Crippen LogP contribution in [0.1, 0.15) is 18.1 Å². The SMILES string of the molecule is COc1cccc(NS(=O)(=O)CC(C)C(=O)NCc2cccc(C)c2)c1. The second kappa shape index (κ2) is 8.71. The van der Waals surface area contributed by atoms with E-state index in [1.165, 1.54) is 7.11 Å². The lowest BCUT2D eigenvalue weighted by Gasteiger charge is -2.14. The summed E-state index contributed by atoms with van der Waals surface area (Å²) in [6.45, 7) is 3.94. The first kappa shape index (κ1) is 19.8. The van der Waals surface area contributed by atoms with Crippen molar-refractivity contribution in [1.82, 2.24) is 5.32 Å². The fourth-order valence-electron chi connectivity index (χ4n) is 2.50. The number of anilines is 1. The molecule has 0 fully saturated rings. The van der Waals surface area contributed by atoms with Crippen molar-refractivity contribution >= 4 is 21.6 Å². The highest BCUT2D eigenvalue weighted by atomic mass is 32.2. The maximum atomic E-state index is 12.3. The Hall–Kier alpha value is -2.54. The normalized spacial score (nSPS) is 12.3. The van der Waals surface area contributed by atoms with Gasteiger partial charge in [-0.25, -0.2) is 8.42 Å². The topological polar surface area (TPSA) is 84.5 Å². The summed E-state index contributed by atoms with van der Waals surface area (Å²) in [7, 11) is -2.15. The van der Waals surface area contributed by atoms with Gasteiger partial charge in [-0.15, -0.1) is 0 Å². The molecule has 1 unspecified atom stereocenters. The second-order valence-electron chi connectivity index (χ2n) is 6.22. The number of carbonyl (C=O) groups excluding carboxylic acids is 1. The molecule has 0 saturated heterocycles. The predicted octanol–water partition coefficient (Wildman–Crippen LogP) is 2.70. The first-order chi connectivity index (χ1) is 12.3. The Bertz CT molecular complexity index is 865. The highest BCUT2D eigenvalue weighted by molar-refractivity contribution is 7.92. The zero-order chi connectivity index (χ0) is 19.2. The predicted molar refractivity (Wildman–Crippen MR) is 103 cm³/mol. The third kappa shape index (κ3) is 6.07. The standard InChI is InChI=1S/C19H24N2O4S/c1-14-6-4-7-16(10-14)12-20-19(22)15(2)13-26(23,24)21-17-8-5-9-18(11-17)25-3/h4-11,15,21H,12-13H2,1-3H3,(H,20,22). The lowest BCUT2D eigenvalue weighted by Crippen LogP contribution is -2.34. The number of sulfonamides is 1. The molecule has 0 bridgehead atoms. The van der Waals surface area contributed by atoms with E-state index in [0.29, 0.717) is 18.0 Å². The van der Waals surface area contributed by atoms with Crippen molar-refractivity contribution in [3.8, 4) is 5.75 Å². The van der Waals surface area contributed by atoms with E-state index in [9.17, 15) is 13.2 Å². The quantitative estimate of drug-likeness (QED) is 0.742. The van der Waals surface area contributed by atoms with Gasteiger partial charge in [-0.05, 0) is 24.6 Å². The van der Waals surface area contributed by atoms with Crippen molar-refractivity contribution in [2.75, 3.05) is 17.6 Å². The first-order valence-corrected chi connectivity index (χ1v) is 9.92. The molecule has 26 heavy (non-hydrogen) atoms. The summed E-state index contributed by atoms with van der Waals surface area (Å²) in [5.74, 6) is -0.733. The van der Waals surface area contributed by atoms with Crippen LogP contribution < -0.4 is 14.8 Å². The van der Waals surface area contributed by atoms with Crippen LogP contribution in [0.5, 0.6) is 5.75 Å². The van der Waals surface area contributed by atoms with Gasteiger partial charge in [0, 0.05) is 12.6 Å². The molecule has 0 heterocycles. The fraction of sp³-hybridized carbons (Fsp3) is 0.316. The molecular formula is C19H24N2O4S. The summed E-state index contributed by atoms with van der Waals surface area (Å²) in [6, 6.07) is 14.4. The number of methoxy groups -OCH3 is 1. The minimum atomic E-state index is -3.66. The highest BCUT2D eigenvalue weighted by Gasteiger charge is 2.21. The smallest absolute Gasteiger partial charge is 0.233 e. The van der Waals surface area contributed by atoms with Gasteiger partial charge in [0.2, 0.25) is 15.9 Å². The van der Waals surface area contributed by atoms with Gasteiger partial charge in [-0.3, -0.25) is 9.52 Å². The summed E-state index contributed by atoms with van der Waals surface area (Å²) in [5.41, 5.74) is 2.48. The molecule has 6 nitrogen and oxygen atoms in total. The van der Waals surface area contributed by atoms with Crippen LogP contribution in [0.4, 0.5) is 5.69 Å². The Kier molecular flexibility index (Phi) is 6.63. The largest absolute Gasteiger partial charge is 0.497 e. The lowest BCUT2D eigenvalue weighted by atomic mass is 10.1. The number of hydrogen-bond donors (Lipinski definition) is 2. The van der Waals surface area contributed by atoms with E-state index in [-0.39, 0.29) is 11.7 Å². The fourth-order valence-corrected chi connectivity index (χ4v) is 3.88.